The van der Waals surface area contributed by atoms with Gasteiger partial charge in [0.1, 0.15) is 0 Å². The summed E-state index contributed by atoms with van der Waals surface area (Å²) >= 11 is 4.86. The smallest absolute Gasteiger partial charge is 0.263 e. The average molecular weight is 318 g/mol. The van der Waals surface area contributed by atoms with Crippen LogP contribution in [0.3, 0.4) is 0 Å². The Hall–Kier alpha value is -0.390. The normalized spacial score (nSPS) is 20.2. The highest BCUT2D eigenvalue weighted by Crippen LogP contribution is 2.23. The summed E-state index contributed by atoms with van der Waals surface area (Å²) in [5, 5.41) is 0. The van der Waals surface area contributed by atoms with Crippen LogP contribution in [0.15, 0.2) is 15.9 Å². The first-order valence-corrected chi connectivity index (χ1v) is 7.36. The van der Waals surface area contributed by atoms with E-state index in [1.165, 1.54) is 11.3 Å². The molecule has 1 amide bonds. The molecule has 2 heterocycles. The van der Waals surface area contributed by atoms with Gasteiger partial charge in [0, 0.05) is 20.2 Å². The SMILES string of the molecule is CN(CC1CCCOC1)C(=O)c1ccc(Br)s1. The van der Waals surface area contributed by atoms with E-state index in [0.29, 0.717) is 5.92 Å². The fourth-order valence-electron chi connectivity index (χ4n) is 2.04. The third-order valence-corrected chi connectivity index (χ3v) is 4.53. The predicted molar refractivity (Wildman–Crippen MR) is 72.5 cm³/mol. The summed E-state index contributed by atoms with van der Waals surface area (Å²) in [5.74, 6) is 0.590. The van der Waals surface area contributed by atoms with Gasteiger partial charge in [0.05, 0.1) is 15.3 Å². The number of halogens is 1. The summed E-state index contributed by atoms with van der Waals surface area (Å²) in [6.45, 7) is 2.44. The van der Waals surface area contributed by atoms with Gasteiger partial charge in [0.15, 0.2) is 0 Å². The van der Waals surface area contributed by atoms with Crippen LogP contribution in [-0.4, -0.2) is 37.6 Å². The molecule has 1 aliphatic heterocycles. The average Bonchev–Trinajstić information content (AvgIpc) is 2.76. The summed E-state index contributed by atoms with van der Waals surface area (Å²) in [5.41, 5.74) is 0. The number of carbonyl (C=O) groups excluding carboxylic acids is 1. The number of thiophene rings is 1. The largest absolute Gasteiger partial charge is 0.381 e. The lowest BCUT2D eigenvalue weighted by Gasteiger charge is -2.26. The summed E-state index contributed by atoms with van der Waals surface area (Å²) in [4.78, 5) is 14.7. The molecule has 0 bridgehead atoms. The van der Waals surface area contributed by atoms with E-state index >= 15 is 0 Å². The Morgan fingerprint density at radius 2 is 2.47 bits per heavy atom. The van der Waals surface area contributed by atoms with Gasteiger partial charge in [-0.05, 0) is 46.8 Å². The van der Waals surface area contributed by atoms with E-state index < -0.39 is 0 Å². The predicted octanol–water partition coefficient (Wildman–Crippen LogP) is 3.01. The van der Waals surface area contributed by atoms with Crippen molar-refractivity contribution < 1.29 is 9.53 Å². The van der Waals surface area contributed by atoms with Gasteiger partial charge >= 0.3 is 0 Å². The quantitative estimate of drug-likeness (QED) is 0.857. The molecule has 0 saturated carbocycles. The molecule has 3 nitrogen and oxygen atoms in total. The zero-order chi connectivity index (χ0) is 12.3. The summed E-state index contributed by atoms with van der Waals surface area (Å²) < 4.78 is 6.43. The molecule has 1 unspecified atom stereocenters. The van der Waals surface area contributed by atoms with Crippen molar-refractivity contribution in [3.05, 3.63) is 20.8 Å². The fourth-order valence-corrected chi connectivity index (χ4v) is 3.42. The van der Waals surface area contributed by atoms with Gasteiger partial charge in [0.2, 0.25) is 0 Å². The van der Waals surface area contributed by atoms with Crippen molar-refractivity contribution in [3.63, 3.8) is 0 Å². The molecule has 1 aliphatic rings. The number of hydrogen-bond acceptors (Lipinski definition) is 3. The van der Waals surface area contributed by atoms with Gasteiger partial charge in [-0.3, -0.25) is 4.79 Å². The standard InChI is InChI=1S/C12H16BrNO2S/c1-14(7-9-3-2-6-16-8-9)12(15)10-4-5-11(13)17-10/h4-5,9H,2-3,6-8H2,1H3. The second-order valence-electron chi connectivity index (χ2n) is 4.37. The van der Waals surface area contributed by atoms with Crippen LogP contribution in [0.1, 0.15) is 22.5 Å². The molecule has 1 saturated heterocycles. The minimum Gasteiger partial charge on any atom is -0.381 e. The van der Waals surface area contributed by atoms with Crippen LogP contribution in [0.25, 0.3) is 0 Å². The van der Waals surface area contributed by atoms with Crippen LogP contribution in [-0.2, 0) is 4.74 Å². The van der Waals surface area contributed by atoms with E-state index in [1.807, 2.05) is 19.2 Å². The minimum atomic E-state index is 0.103. The third-order valence-electron chi connectivity index (χ3n) is 2.92. The Balaban J connectivity index is 1.90. The Kier molecular flexibility index (Phi) is 4.59. The van der Waals surface area contributed by atoms with Crippen molar-refractivity contribution in [1.29, 1.82) is 0 Å². The monoisotopic (exact) mass is 317 g/mol. The van der Waals surface area contributed by atoms with Crippen LogP contribution >= 0.6 is 27.3 Å². The Bertz CT molecular complexity index is 388. The van der Waals surface area contributed by atoms with Crippen molar-refractivity contribution in [3.8, 4) is 0 Å². The molecule has 1 atom stereocenters. The maximum absolute atomic E-state index is 12.1. The van der Waals surface area contributed by atoms with E-state index in [0.717, 1.165) is 41.3 Å². The Morgan fingerprint density at radius 3 is 3.06 bits per heavy atom. The zero-order valence-corrected chi connectivity index (χ0v) is 12.2. The topological polar surface area (TPSA) is 29.5 Å². The first kappa shape index (κ1) is 13.1. The maximum atomic E-state index is 12.1. The van der Waals surface area contributed by atoms with Gasteiger partial charge < -0.3 is 9.64 Å². The van der Waals surface area contributed by atoms with Crippen molar-refractivity contribution in [2.75, 3.05) is 26.8 Å². The highest BCUT2D eigenvalue weighted by molar-refractivity contribution is 9.11. The zero-order valence-electron chi connectivity index (χ0n) is 9.82. The van der Waals surface area contributed by atoms with Crippen molar-refractivity contribution in [2.24, 2.45) is 5.92 Å². The van der Waals surface area contributed by atoms with Crippen molar-refractivity contribution in [2.45, 2.75) is 12.8 Å². The molecule has 1 aromatic rings. The molecular formula is C12H16BrNO2S. The molecule has 0 spiro atoms. The lowest BCUT2D eigenvalue weighted by atomic mass is 10.0. The first-order valence-electron chi connectivity index (χ1n) is 5.75. The van der Waals surface area contributed by atoms with E-state index in [1.54, 1.807) is 4.90 Å². The van der Waals surface area contributed by atoms with Gasteiger partial charge in [-0.25, -0.2) is 0 Å². The number of rotatable bonds is 3. The van der Waals surface area contributed by atoms with Crippen molar-refractivity contribution in [1.82, 2.24) is 4.90 Å². The molecule has 1 aromatic heterocycles. The fraction of sp³-hybridized carbons (Fsp3) is 0.583. The molecule has 0 N–H and O–H groups in total. The highest BCUT2D eigenvalue weighted by atomic mass is 79.9. The van der Waals surface area contributed by atoms with E-state index in [4.69, 9.17) is 4.74 Å². The molecule has 2 rings (SSSR count). The Labute approximate surface area is 114 Å². The maximum Gasteiger partial charge on any atom is 0.263 e. The van der Waals surface area contributed by atoms with Crippen LogP contribution in [0.5, 0.6) is 0 Å². The van der Waals surface area contributed by atoms with Gasteiger partial charge in [-0.1, -0.05) is 0 Å². The van der Waals surface area contributed by atoms with Crippen LogP contribution < -0.4 is 0 Å². The number of ether oxygens (including phenoxy) is 1. The first-order chi connectivity index (χ1) is 8.16. The van der Waals surface area contributed by atoms with Gasteiger partial charge in [-0.15, -0.1) is 11.3 Å². The lowest BCUT2D eigenvalue weighted by Crippen LogP contribution is -2.34. The van der Waals surface area contributed by atoms with E-state index in [9.17, 15) is 4.79 Å². The number of amides is 1. The summed E-state index contributed by atoms with van der Waals surface area (Å²) in [7, 11) is 1.87. The third kappa shape index (κ3) is 3.53. The van der Waals surface area contributed by atoms with E-state index in [-0.39, 0.29) is 5.91 Å². The number of hydrogen-bond donors (Lipinski definition) is 0. The molecule has 0 aromatic carbocycles. The molecule has 17 heavy (non-hydrogen) atoms. The van der Waals surface area contributed by atoms with Crippen LogP contribution in [0.4, 0.5) is 0 Å². The highest BCUT2D eigenvalue weighted by Gasteiger charge is 2.20. The summed E-state index contributed by atoms with van der Waals surface area (Å²) in [6.07, 6.45) is 2.27. The molecule has 0 aliphatic carbocycles. The van der Waals surface area contributed by atoms with E-state index in [2.05, 4.69) is 15.9 Å². The van der Waals surface area contributed by atoms with Gasteiger partial charge in [0.25, 0.3) is 5.91 Å². The van der Waals surface area contributed by atoms with Crippen LogP contribution in [0, 0.1) is 5.92 Å². The Morgan fingerprint density at radius 1 is 1.65 bits per heavy atom. The van der Waals surface area contributed by atoms with Crippen molar-refractivity contribution >= 4 is 33.2 Å². The lowest BCUT2D eigenvalue weighted by molar-refractivity contribution is 0.0390. The molecule has 1 fully saturated rings. The molecule has 0 radical (unpaired) electrons. The molecule has 5 heteroatoms. The molecular weight excluding hydrogens is 302 g/mol. The second-order valence-corrected chi connectivity index (χ2v) is 6.84. The summed E-state index contributed by atoms with van der Waals surface area (Å²) in [6, 6.07) is 3.78. The number of carbonyl (C=O) groups is 1. The molecule has 94 valence electrons. The van der Waals surface area contributed by atoms with Crippen LogP contribution in [0.2, 0.25) is 0 Å². The minimum absolute atomic E-state index is 0.103. The number of nitrogens with zero attached hydrogens (tertiary/aromatic N) is 1. The second kappa shape index (κ2) is 5.98. The van der Waals surface area contributed by atoms with Gasteiger partial charge in [-0.2, -0.15) is 0 Å².